The van der Waals surface area contributed by atoms with Crippen LogP contribution in [0.15, 0.2) is 12.7 Å². The van der Waals surface area contributed by atoms with Gasteiger partial charge in [0.1, 0.15) is 0 Å². The standard InChI is InChI=1S/C12H23N/c1-4-6-7-12(13-5-2)10(3)11-8-9-11/h4,10-13H,1,5-9H2,2-3H3. The molecule has 0 aromatic heterocycles. The van der Waals surface area contributed by atoms with E-state index in [-0.39, 0.29) is 0 Å². The van der Waals surface area contributed by atoms with E-state index in [2.05, 4.69) is 25.7 Å². The lowest BCUT2D eigenvalue weighted by atomic mass is 9.93. The molecule has 0 aromatic rings. The highest BCUT2D eigenvalue weighted by molar-refractivity contribution is 4.87. The van der Waals surface area contributed by atoms with Crippen LogP contribution in [0.25, 0.3) is 0 Å². The molecule has 0 aromatic carbocycles. The molecular weight excluding hydrogens is 158 g/mol. The van der Waals surface area contributed by atoms with E-state index in [0.717, 1.165) is 30.8 Å². The van der Waals surface area contributed by atoms with E-state index in [1.54, 1.807) is 0 Å². The van der Waals surface area contributed by atoms with Gasteiger partial charge in [-0.2, -0.15) is 0 Å². The Morgan fingerprint density at radius 3 is 2.69 bits per heavy atom. The van der Waals surface area contributed by atoms with Crippen LogP contribution in [0.2, 0.25) is 0 Å². The van der Waals surface area contributed by atoms with Gasteiger partial charge in [-0.3, -0.25) is 0 Å². The van der Waals surface area contributed by atoms with Crippen LogP contribution in [0.1, 0.15) is 39.5 Å². The molecule has 0 spiro atoms. The summed E-state index contributed by atoms with van der Waals surface area (Å²) in [4.78, 5) is 0. The summed E-state index contributed by atoms with van der Waals surface area (Å²) in [5.74, 6) is 1.87. The van der Waals surface area contributed by atoms with Crippen molar-refractivity contribution in [3.63, 3.8) is 0 Å². The summed E-state index contributed by atoms with van der Waals surface area (Å²) < 4.78 is 0. The molecule has 1 heteroatoms. The maximum atomic E-state index is 3.78. The van der Waals surface area contributed by atoms with Crippen molar-refractivity contribution >= 4 is 0 Å². The second-order valence-corrected chi connectivity index (χ2v) is 4.23. The van der Waals surface area contributed by atoms with E-state index in [4.69, 9.17) is 0 Å². The summed E-state index contributed by atoms with van der Waals surface area (Å²) in [7, 11) is 0. The van der Waals surface area contributed by atoms with Crippen molar-refractivity contribution in [2.75, 3.05) is 6.54 Å². The van der Waals surface area contributed by atoms with Crippen LogP contribution in [-0.2, 0) is 0 Å². The maximum absolute atomic E-state index is 3.78. The van der Waals surface area contributed by atoms with Gasteiger partial charge < -0.3 is 5.32 Å². The van der Waals surface area contributed by atoms with Gasteiger partial charge in [-0.15, -0.1) is 6.58 Å². The zero-order valence-electron chi connectivity index (χ0n) is 9.05. The third-order valence-electron chi connectivity index (χ3n) is 3.15. The monoisotopic (exact) mass is 181 g/mol. The van der Waals surface area contributed by atoms with E-state index in [9.17, 15) is 0 Å². The van der Waals surface area contributed by atoms with E-state index in [1.165, 1.54) is 19.3 Å². The largest absolute Gasteiger partial charge is 0.314 e. The van der Waals surface area contributed by atoms with Crippen LogP contribution in [-0.4, -0.2) is 12.6 Å². The van der Waals surface area contributed by atoms with Crippen molar-refractivity contribution in [3.8, 4) is 0 Å². The van der Waals surface area contributed by atoms with Crippen molar-refractivity contribution < 1.29 is 0 Å². The number of hydrogen-bond acceptors (Lipinski definition) is 1. The van der Waals surface area contributed by atoms with Gasteiger partial charge in [-0.05, 0) is 44.1 Å². The minimum absolute atomic E-state index is 0.718. The second kappa shape index (κ2) is 5.43. The first-order valence-corrected chi connectivity index (χ1v) is 5.63. The van der Waals surface area contributed by atoms with Gasteiger partial charge in [-0.25, -0.2) is 0 Å². The molecule has 0 bridgehead atoms. The smallest absolute Gasteiger partial charge is 0.00981 e. The summed E-state index contributed by atoms with van der Waals surface area (Å²) in [6.45, 7) is 9.47. The molecule has 1 rings (SSSR count). The van der Waals surface area contributed by atoms with Gasteiger partial charge in [0.25, 0.3) is 0 Å². The lowest BCUT2D eigenvalue weighted by Gasteiger charge is -2.24. The van der Waals surface area contributed by atoms with Crippen molar-refractivity contribution in [2.24, 2.45) is 11.8 Å². The van der Waals surface area contributed by atoms with Crippen LogP contribution in [0.5, 0.6) is 0 Å². The molecule has 0 radical (unpaired) electrons. The molecule has 1 saturated carbocycles. The number of rotatable bonds is 7. The third-order valence-corrected chi connectivity index (χ3v) is 3.15. The Hall–Kier alpha value is -0.300. The minimum atomic E-state index is 0.718. The molecule has 13 heavy (non-hydrogen) atoms. The van der Waals surface area contributed by atoms with Gasteiger partial charge >= 0.3 is 0 Å². The zero-order chi connectivity index (χ0) is 9.68. The SMILES string of the molecule is C=CCCC(NCC)C(C)C1CC1. The summed E-state index contributed by atoms with van der Waals surface area (Å²) in [6.07, 6.45) is 7.35. The van der Waals surface area contributed by atoms with Gasteiger partial charge in [0.15, 0.2) is 0 Å². The summed E-state index contributed by atoms with van der Waals surface area (Å²) in [6, 6.07) is 0.718. The molecule has 2 atom stereocenters. The lowest BCUT2D eigenvalue weighted by Crippen LogP contribution is -2.35. The molecule has 1 nitrogen and oxygen atoms in total. The predicted octanol–water partition coefficient (Wildman–Crippen LogP) is 2.98. The fourth-order valence-electron chi connectivity index (χ4n) is 2.06. The van der Waals surface area contributed by atoms with Crippen molar-refractivity contribution in [1.82, 2.24) is 5.32 Å². The molecule has 1 N–H and O–H groups in total. The Balaban J connectivity index is 2.29. The van der Waals surface area contributed by atoms with Crippen molar-refractivity contribution in [1.29, 1.82) is 0 Å². The normalized spacial score (nSPS) is 21.1. The van der Waals surface area contributed by atoms with Crippen LogP contribution in [0.4, 0.5) is 0 Å². The van der Waals surface area contributed by atoms with E-state index < -0.39 is 0 Å². The van der Waals surface area contributed by atoms with Gasteiger partial charge in [0.2, 0.25) is 0 Å². The molecule has 0 amide bonds. The highest BCUT2D eigenvalue weighted by atomic mass is 14.9. The average Bonchev–Trinajstić information content (AvgIpc) is 2.94. The van der Waals surface area contributed by atoms with Gasteiger partial charge in [-0.1, -0.05) is 19.9 Å². The molecule has 0 saturated heterocycles. The van der Waals surface area contributed by atoms with Crippen LogP contribution in [0, 0.1) is 11.8 Å². The zero-order valence-corrected chi connectivity index (χ0v) is 9.05. The van der Waals surface area contributed by atoms with E-state index in [1.807, 2.05) is 6.08 Å². The second-order valence-electron chi connectivity index (χ2n) is 4.23. The fourth-order valence-corrected chi connectivity index (χ4v) is 2.06. The van der Waals surface area contributed by atoms with Crippen LogP contribution in [0.3, 0.4) is 0 Å². The van der Waals surface area contributed by atoms with E-state index in [0.29, 0.717) is 0 Å². The van der Waals surface area contributed by atoms with Gasteiger partial charge in [0.05, 0.1) is 0 Å². The molecule has 1 fully saturated rings. The molecule has 76 valence electrons. The lowest BCUT2D eigenvalue weighted by molar-refractivity contribution is 0.331. The molecule has 0 heterocycles. The van der Waals surface area contributed by atoms with Crippen molar-refractivity contribution in [3.05, 3.63) is 12.7 Å². The third kappa shape index (κ3) is 3.51. The Kier molecular flexibility index (Phi) is 4.51. The highest BCUT2D eigenvalue weighted by Crippen LogP contribution is 2.39. The van der Waals surface area contributed by atoms with Crippen LogP contribution < -0.4 is 5.32 Å². The molecule has 1 aliphatic rings. The summed E-state index contributed by atoms with van der Waals surface area (Å²) in [5, 5.41) is 3.59. The Labute approximate surface area is 82.6 Å². The van der Waals surface area contributed by atoms with Crippen LogP contribution >= 0.6 is 0 Å². The molecule has 1 aliphatic carbocycles. The number of allylic oxidation sites excluding steroid dienone is 1. The molecular formula is C12H23N. The Bertz CT molecular complexity index is 149. The van der Waals surface area contributed by atoms with E-state index >= 15 is 0 Å². The first-order chi connectivity index (χ1) is 6.29. The van der Waals surface area contributed by atoms with Gasteiger partial charge in [0, 0.05) is 6.04 Å². The Morgan fingerprint density at radius 2 is 2.23 bits per heavy atom. The molecule has 2 unspecified atom stereocenters. The fraction of sp³-hybridized carbons (Fsp3) is 0.833. The van der Waals surface area contributed by atoms with Crippen molar-refractivity contribution in [2.45, 2.75) is 45.6 Å². The minimum Gasteiger partial charge on any atom is -0.314 e. The average molecular weight is 181 g/mol. The summed E-state index contributed by atoms with van der Waals surface area (Å²) >= 11 is 0. The highest BCUT2D eigenvalue weighted by Gasteiger charge is 2.32. The molecule has 0 aliphatic heterocycles. The predicted molar refractivity (Wildman–Crippen MR) is 58.8 cm³/mol. The first kappa shape index (κ1) is 10.8. The number of hydrogen-bond donors (Lipinski definition) is 1. The number of nitrogens with one attached hydrogen (secondary N) is 1. The quantitative estimate of drug-likeness (QED) is 0.595. The summed E-state index contributed by atoms with van der Waals surface area (Å²) in [5.41, 5.74) is 0. The topological polar surface area (TPSA) is 12.0 Å². The maximum Gasteiger partial charge on any atom is 0.00981 e. The first-order valence-electron chi connectivity index (χ1n) is 5.63. The Morgan fingerprint density at radius 1 is 1.54 bits per heavy atom.